The van der Waals surface area contributed by atoms with Crippen LogP contribution in [0.4, 0.5) is 5.82 Å². The first-order valence-corrected chi connectivity index (χ1v) is 12.5. The molecule has 0 bridgehead atoms. The van der Waals surface area contributed by atoms with E-state index in [9.17, 15) is 13.2 Å². The van der Waals surface area contributed by atoms with Crippen LogP contribution in [-0.4, -0.2) is 46.2 Å². The molecule has 34 heavy (non-hydrogen) atoms. The van der Waals surface area contributed by atoms with Crippen LogP contribution < -0.4 is 9.86 Å². The number of benzene rings is 1. The second-order valence-electron chi connectivity index (χ2n) is 7.85. The summed E-state index contributed by atoms with van der Waals surface area (Å²) in [5.74, 6) is 0.804. The minimum atomic E-state index is -3.53. The number of rotatable bonds is 5. The molecule has 0 fully saturated rings. The molecule has 172 valence electrons. The van der Waals surface area contributed by atoms with Gasteiger partial charge in [0, 0.05) is 41.5 Å². The molecule has 4 heterocycles. The van der Waals surface area contributed by atoms with E-state index in [1.54, 1.807) is 47.2 Å². The Kier molecular flexibility index (Phi) is 5.34. The summed E-state index contributed by atoms with van der Waals surface area (Å²) in [6.07, 6.45) is 4.30. The molecule has 11 heteroatoms. The number of nitrogens with one attached hydrogen (secondary N) is 1. The lowest BCUT2D eigenvalue weighted by Crippen LogP contribution is -2.28. The van der Waals surface area contributed by atoms with Crippen LogP contribution in [0.25, 0.3) is 33.5 Å². The van der Waals surface area contributed by atoms with Crippen molar-refractivity contribution in [2.24, 2.45) is 0 Å². The molecular formula is C23H19ClN6O3S. The molecule has 9 nitrogen and oxygen atoms in total. The number of aromatic amines is 1. The van der Waals surface area contributed by atoms with E-state index in [0.717, 1.165) is 21.5 Å². The maximum Gasteiger partial charge on any atom is 0.251 e. The molecule has 1 N–H and O–H groups in total. The Morgan fingerprint density at radius 3 is 2.74 bits per heavy atom. The Hall–Kier alpha value is -3.76. The van der Waals surface area contributed by atoms with Crippen molar-refractivity contribution in [2.45, 2.75) is 6.54 Å². The number of hydrogen-bond donors (Lipinski definition) is 1. The summed E-state index contributed by atoms with van der Waals surface area (Å²) in [5.41, 5.74) is 3.06. The predicted octanol–water partition coefficient (Wildman–Crippen LogP) is 3.43. The van der Waals surface area contributed by atoms with Crippen LogP contribution in [0.1, 0.15) is 5.56 Å². The van der Waals surface area contributed by atoms with Crippen molar-refractivity contribution >= 4 is 49.4 Å². The number of sulfonamides is 1. The second kappa shape index (κ2) is 8.23. The minimum Gasteiger partial charge on any atom is -0.337 e. The second-order valence-corrected chi connectivity index (χ2v) is 10.3. The minimum absolute atomic E-state index is 0.123. The van der Waals surface area contributed by atoms with E-state index < -0.39 is 10.0 Å². The molecular weight excluding hydrogens is 476 g/mol. The Balaban J connectivity index is 1.64. The van der Waals surface area contributed by atoms with Crippen molar-refractivity contribution < 1.29 is 8.42 Å². The third kappa shape index (κ3) is 4.02. The fourth-order valence-electron chi connectivity index (χ4n) is 3.74. The highest BCUT2D eigenvalue weighted by Gasteiger charge is 2.18. The maximum atomic E-state index is 12.9. The SMILES string of the molecule is CN(c1ncccc1Cn1c(=O)ccc2cnc(-c3nc4cc(Cl)ccc4[nH]3)cc21)S(C)(=O)=O. The number of aromatic nitrogens is 5. The topological polar surface area (TPSA) is 114 Å². The Morgan fingerprint density at radius 1 is 1.12 bits per heavy atom. The predicted molar refractivity (Wildman–Crippen MR) is 133 cm³/mol. The number of pyridine rings is 3. The van der Waals surface area contributed by atoms with Crippen LogP contribution in [0.2, 0.25) is 5.02 Å². The smallest absolute Gasteiger partial charge is 0.251 e. The summed E-state index contributed by atoms with van der Waals surface area (Å²) in [5, 5.41) is 1.33. The first-order valence-electron chi connectivity index (χ1n) is 10.2. The first-order chi connectivity index (χ1) is 16.2. The normalized spacial score (nSPS) is 11.9. The van der Waals surface area contributed by atoms with Gasteiger partial charge in [-0.2, -0.15) is 0 Å². The van der Waals surface area contributed by atoms with Gasteiger partial charge in [0.1, 0.15) is 11.5 Å². The first kappa shape index (κ1) is 22.1. The fourth-order valence-corrected chi connectivity index (χ4v) is 4.39. The molecule has 0 radical (unpaired) electrons. The summed E-state index contributed by atoms with van der Waals surface area (Å²) in [7, 11) is -2.10. The molecule has 5 aromatic rings. The van der Waals surface area contributed by atoms with Crippen molar-refractivity contribution in [1.82, 2.24) is 24.5 Å². The van der Waals surface area contributed by atoms with E-state index in [2.05, 4.69) is 19.9 Å². The van der Waals surface area contributed by atoms with Gasteiger partial charge < -0.3 is 9.55 Å². The molecule has 0 aliphatic heterocycles. The Bertz CT molecular complexity index is 1730. The highest BCUT2D eigenvalue weighted by molar-refractivity contribution is 7.92. The van der Waals surface area contributed by atoms with Gasteiger partial charge in [0.05, 0.1) is 29.4 Å². The number of H-pyrrole nitrogens is 1. The van der Waals surface area contributed by atoms with E-state index in [1.807, 2.05) is 6.07 Å². The number of hydrogen-bond acceptors (Lipinski definition) is 6. The van der Waals surface area contributed by atoms with Gasteiger partial charge in [-0.3, -0.25) is 14.1 Å². The lowest BCUT2D eigenvalue weighted by molar-refractivity contribution is 0.599. The van der Waals surface area contributed by atoms with Crippen LogP contribution in [0.5, 0.6) is 0 Å². The average Bonchev–Trinajstić information content (AvgIpc) is 3.23. The van der Waals surface area contributed by atoms with Gasteiger partial charge in [0.15, 0.2) is 5.82 Å². The standard InChI is InChI=1S/C23H19ClN6O3S/c1-29(34(2,32)33)23-15(4-3-9-25-23)13-30-20-11-19(26-12-14(20)5-8-21(30)31)22-27-17-7-6-16(24)10-18(17)28-22/h3-12H,13H2,1-2H3,(H,27,28). The molecule has 4 aromatic heterocycles. The van der Waals surface area contributed by atoms with Crippen LogP contribution in [0, 0.1) is 0 Å². The van der Waals surface area contributed by atoms with Gasteiger partial charge in [-0.05, 0) is 36.4 Å². The van der Waals surface area contributed by atoms with Gasteiger partial charge >= 0.3 is 0 Å². The van der Waals surface area contributed by atoms with Gasteiger partial charge in [-0.25, -0.2) is 18.4 Å². The van der Waals surface area contributed by atoms with Crippen LogP contribution in [0.3, 0.4) is 0 Å². The average molecular weight is 495 g/mol. The van der Waals surface area contributed by atoms with Crippen LogP contribution >= 0.6 is 11.6 Å². The van der Waals surface area contributed by atoms with Crippen molar-refractivity contribution in [3.05, 3.63) is 81.9 Å². The zero-order valence-electron chi connectivity index (χ0n) is 18.2. The molecule has 1 aromatic carbocycles. The monoisotopic (exact) mass is 494 g/mol. The number of anilines is 1. The van der Waals surface area contributed by atoms with E-state index in [-0.39, 0.29) is 17.9 Å². The van der Waals surface area contributed by atoms with E-state index in [1.165, 1.54) is 19.3 Å². The summed E-state index contributed by atoms with van der Waals surface area (Å²) in [6, 6.07) is 13.8. The fraction of sp³-hybridized carbons (Fsp3) is 0.130. The molecule has 0 amide bonds. The third-order valence-corrected chi connectivity index (χ3v) is 6.96. The van der Waals surface area contributed by atoms with E-state index >= 15 is 0 Å². The highest BCUT2D eigenvalue weighted by atomic mass is 35.5. The Labute approximate surface area is 199 Å². The Morgan fingerprint density at radius 2 is 1.94 bits per heavy atom. The molecule has 0 unspecified atom stereocenters. The molecule has 0 spiro atoms. The lowest BCUT2D eigenvalue weighted by Gasteiger charge is -2.19. The number of halogens is 1. The molecule has 0 saturated carbocycles. The van der Waals surface area contributed by atoms with Gasteiger partial charge in [0.25, 0.3) is 5.56 Å². The van der Waals surface area contributed by atoms with Crippen LogP contribution in [0.15, 0.2) is 65.7 Å². The maximum absolute atomic E-state index is 12.9. The zero-order valence-corrected chi connectivity index (χ0v) is 19.8. The largest absolute Gasteiger partial charge is 0.337 e. The van der Waals surface area contributed by atoms with Crippen molar-refractivity contribution in [3.63, 3.8) is 0 Å². The van der Waals surface area contributed by atoms with Gasteiger partial charge in [0.2, 0.25) is 10.0 Å². The molecule has 0 aliphatic carbocycles. The summed E-state index contributed by atoms with van der Waals surface area (Å²) < 4.78 is 26.9. The highest BCUT2D eigenvalue weighted by Crippen LogP contribution is 2.25. The summed E-state index contributed by atoms with van der Waals surface area (Å²) in [6.45, 7) is 0.123. The van der Waals surface area contributed by atoms with Crippen LogP contribution in [-0.2, 0) is 16.6 Å². The number of fused-ring (bicyclic) bond motifs is 2. The van der Waals surface area contributed by atoms with E-state index in [4.69, 9.17) is 11.6 Å². The number of imidazole rings is 1. The van der Waals surface area contributed by atoms with Crippen molar-refractivity contribution in [1.29, 1.82) is 0 Å². The quantitative estimate of drug-likeness (QED) is 0.400. The molecule has 0 aliphatic rings. The lowest BCUT2D eigenvalue weighted by atomic mass is 10.2. The zero-order chi connectivity index (χ0) is 24.0. The summed E-state index contributed by atoms with van der Waals surface area (Å²) in [4.78, 5) is 29.4. The third-order valence-electron chi connectivity index (χ3n) is 5.55. The molecule has 0 saturated heterocycles. The molecule has 0 atom stereocenters. The van der Waals surface area contributed by atoms with Crippen molar-refractivity contribution in [2.75, 3.05) is 17.6 Å². The van der Waals surface area contributed by atoms with Crippen molar-refractivity contribution in [3.8, 4) is 11.5 Å². The van der Waals surface area contributed by atoms with Gasteiger partial charge in [-0.15, -0.1) is 0 Å². The number of nitrogens with zero attached hydrogens (tertiary/aromatic N) is 5. The van der Waals surface area contributed by atoms with Gasteiger partial charge in [-0.1, -0.05) is 17.7 Å². The molecule has 5 rings (SSSR count). The summed E-state index contributed by atoms with van der Waals surface area (Å²) >= 11 is 6.08. The van der Waals surface area contributed by atoms with E-state index in [0.29, 0.717) is 33.1 Å².